The minimum absolute atomic E-state index is 0. The van der Waals surface area contributed by atoms with Crippen molar-refractivity contribution in [3.63, 3.8) is 0 Å². The number of para-hydroxylation sites is 2. The van der Waals surface area contributed by atoms with E-state index in [0.717, 1.165) is 6.42 Å². The van der Waals surface area contributed by atoms with Crippen molar-refractivity contribution in [1.82, 2.24) is 0 Å². The van der Waals surface area contributed by atoms with Crippen LogP contribution >= 0.6 is 0 Å². The summed E-state index contributed by atoms with van der Waals surface area (Å²) in [5.41, 5.74) is 1.20. The number of halogens is 1. The van der Waals surface area contributed by atoms with Gasteiger partial charge in [-0.2, -0.15) is 0 Å². The van der Waals surface area contributed by atoms with Gasteiger partial charge in [0, 0.05) is 25.5 Å². The molecular weight excluding hydrogens is 387 g/mol. The van der Waals surface area contributed by atoms with Gasteiger partial charge >= 0.3 is 17.1 Å². The summed E-state index contributed by atoms with van der Waals surface area (Å²) in [4.78, 5) is 8.41. The standard InChI is InChI=1S/C17H18N2O2.ClH.Mn.2H2O/c20-16-8-3-1-6-14(16)12-18-10-5-11-19-13-15-7-2-4-9-17(15)21;;;;/h1-4,6-9,12-13,20-21H,5,10-11H2;1H;;2*1H2/q;;+3;;/p-1. The Balaban J connectivity index is -0.00000121. The molecule has 0 bridgehead atoms. The summed E-state index contributed by atoms with van der Waals surface area (Å²) in [6, 6.07) is 13.6. The zero-order chi connectivity index (χ0) is 14.9. The van der Waals surface area contributed by atoms with Crippen LogP contribution in [0.3, 0.4) is 0 Å². The van der Waals surface area contributed by atoms with Crippen LogP contribution in [0.1, 0.15) is 17.5 Å². The molecule has 6 N–H and O–H groups in total. The third kappa shape index (κ3) is 9.86. The van der Waals surface area contributed by atoms with Gasteiger partial charge in [0.1, 0.15) is 0 Å². The van der Waals surface area contributed by atoms with E-state index in [1.807, 2.05) is 12.1 Å². The molecule has 0 amide bonds. The van der Waals surface area contributed by atoms with Crippen molar-refractivity contribution in [2.45, 2.75) is 6.42 Å². The Labute approximate surface area is 163 Å². The Morgan fingerprint density at radius 1 is 0.720 bits per heavy atom. The van der Waals surface area contributed by atoms with Gasteiger partial charge in [-0.25, -0.2) is 0 Å². The SMILES string of the molecule is [Cl-].[Mn+3].[O-]c1ccccc1C=NCCCN=Cc1ccccc1[O-].[OH3+].[OH3+]. The molecule has 0 aliphatic heterocycles. The topological polar surface area (TPSA) is 137 Å². The number of nitrogens with zero attached hydrogens (tertiary/aromatic N) is 2. The molecule has 0 aromatic heterocycles. The summed E-state index contributed by atoms with van der Waals surface area (Å²) in [6.45, 7) is 1.20. The molecule has 8 heteroatoms. The Kier molecular flexibility index (Phi) is 17.5. The van der Waals surface area contributed by atoms with E-state index in [1.54, 1.807) is 36.7 Å². The van der Waals surface area contributed by atoms with E-state index in [-0.39, 0.29) is 51.9 Å². The van der Waals surface area contributed by atoms with Gasteiger partial charge in [-0.15, -0.1) is 11.5 Å². The molecule has 0 fully saturated rings. The quantitative estimate of drug-likeness (QED) is 0.217. The Hall–Kier alpha value is -1.89. The number of benzene rings is 2. The second-order valence-corrected chi connectivity index (χ2v) is 4.50. The van der Waals surface area contributed by atoms with Crippen molar-refractivity contribution < 1.29 is 50.6 Å². The molecule has 0 unspecified atom stereocenters. The Bertz CT molecular complexity index is 599. The average molecular weight is 409 g/mol. The number of hydrogen-bond donors (Lipinski definition) is 0. The predicted molar refractivity (Wildman–Crippen MR) is 91.1 cm³/mol. The van der Waals surface area contributed by atoms with Gasteiger partial charge in [0.25, 0.3) is 0 Å². The minimum atomic E-state index is -0.0219. The van der Waals surface area contributed by atoms with Gasteiger partial charge < -0.3 is 33.6 Å². The van der Waals surface area contributed by atoms with Crippen LogP contribution in [-0.4, -0.2) is 25.5 Å². The number of aliphatic imine (C=N–C) groups is 2. The van der Waals surface area contributed by atoms with Crippen molar-refractivity contribution in [2.24, 2.45) is 9.98 Å². The summed E-state index contributed by atoms with van der Waals surface area (Å²) < 4.78 is 0. The predicted octanol–water partition coefficient (Wildman–Crippen LogP) is -3.08. The molecule has 0 atom stereocenters. The molecule has 2 aromatic rings. The minimum Gasteiger partial charge on any atom is -1.00 e. The maximum atomic E-state index is 11.4. The summed E-state index contributed by atoms with van der Waals surface area (Å²) >= 11 is 0. The van der Waals surface area contributed by atoms with Crippen LogP contribution in [0.2, 0.25) is 0 Å². The fraction of sp³-hybridized carbons (Fsp3) is 0.176. The first-order valence-electron chi connectivity index (χ1n) is 6.79. The number of hydrogen-bond acceptors (Lipinski definition) is 4. The van der Waals surface area contributed by atoms with Gasteiger partial charge in [0.05, 0.1) is 0 Å². The van der Waals surface area contributed by atoms with E-state index >= 15 is 0 Å². The smallest absolute Gasteiger partial charge is 1.00 e. The molecule has 25 heavy (non-hydrogen) atoms. The normalized spacial score (nSPS) is 9.60. The molecular formula is C17H22ClMnN2O4+2. The molecule has 6 nitrogen and oxygen atoms in total. The summed E-state index contributed by atoms with van der Waals surface area (Å²) in [5, 5.41) is 22.9. The van der Waals surface area contributed by atoms with E-state index in [1.165, 1.54) is 12.1 Å². The van der Waals surface area contributed by atoms with Gasteiger partial charge in [-0.3, -0.25) is 9.98 Å². The first-order valence-corrected chi connectivity index (χ1v) is 6.79. The third-order valence-corrected chi connectivity index (χ3v) is 2.87. The Morgan fingerprint density at radius 3 is 1.44 bits per heavy atom. The first-order chi connectivity index (χ1) is 10.3. The number of rotatable bonds is 6. The van der Waals surface area contributed by atoms with Crippen molar-refractivity contribution in [3.8, 4) is 11.5 Å². The second kappa shape index (κ2) is 15.6. The largest absolute Gasteiger partial charge is 3.00 e. The van der Waals surface area contributed by atoms with Crippen LogP contribution in [0.4, 0.5) is 0 Å². The van der Waals surface area contributed by atoms with Crippen LogP contribution in [0, 0.1) is 0 Å². The average Bonchev–Trinajstić information content (AvgIpc) is 2.50. The molecule has 2 rings (SSSR count). The van der Waals surface area contributed by atoms with Crippen molar-refractivity contribution in [1.29, 1.82) is 0 Å². The molecule has 0 heterocycles. The van der Waals surface area contributed by atoms with E-state index in [9.17, 15) is 10.2 Å². The zero-order valence-corrected chi connectivity index (χ0v) is 15.5. The summed E-state index contributed by atoms with van der Waals surface area (Å²) in [5.74, 6) is -0.0438. The molecule has 0 spiro atoms. The van der Waals surface area contributed by atoms with Crippen molar-refractivity contribution in [2.75, 3.05) is 13.1 Å². The maximum absolute atomic E-state index is 11.4. The molecule has 136 valence electrons. The van der Waals surface area contributed by atoms with Crippen LogP contribution in [0.25, 0.3) is 0 Å². The van der Waals surface area contributed by atoms with Crippen LogP contribution in [0.5, 0.6) is 11.5 Å². The zero-order valence-electron chi connectivity index (χ0n) is 13.5. The molecule has 2 aromatic carbocycles. The summed E-state index contributed by atoms with van der Waals surface area (Å²) in [7, 11) is 0. The van der Waals surface area contributed by atoms with Crippen LogP contribution < -0.4 is 22.6 Å². The van der Waals surface area contributed by atoms with Crippen molar-refractivity contribution in [3.05, 3.63) is 59.7 Å². The van der Waals surface area contributed by atoms with Crippen LogP contribution in [0.15, 0.2) is 58.5 Å². The first kappa shape index (κ1) is 27.9. The van der Waals surface area contributed by atoms with Gasteiger partial charge in [-0.1, -0.05) is 48.5 Å². The fourth-order valence-electron chi connectivity index (χ4n) is 1.75. The van der Waals surface area contributed by atoms with E-state index in [2.05, 4.69) is 9.98 Å². The van der Waals surface area contributed by atoms with E-state index in [0.29, 0.717) is 24.2 Å². The molecule has 0 radical (unpaired) electrons. The van der Waals surface area contributed by atoms with Crippen LogP contribution in [-0.2, 0) is 28.0 Å². The molecule has 0 aliphatic carbocycles. The van der Waals surface area contributed by atoms with Crippen molar-refractivity contribution >= 4 is 12.4 Å². The fourth-order valence-corrected chi connectivity index (χ4v) is 1.75. The summed E-state index contributed by atoms with van der Waals surface area (Å²) in [6.07, 6.45) is 3.97. The monoisotopic (exact) mass is 408 g/mol. The van der Waals surface area contributed by atoms with Gasteiger partial charge in [-0.05, 0) is 17.5 Å². The maximum Gasteiger partial charge on any atom is 3.00 e. The molecule has 0 aliphatic rings. The van der Waals surface area contributed by atoms with E-state index in [4.69, 9.17) is 0 Å². The van der Waals surface area contributed by atoms with Gasteiger partial charge in [0.2, 0.25) is 0 Å². The molecule has 0 saturated carbocycles. The van der Waals surface area contributed by atoms with Gasteiger partial charge in [0.15, 0.2) is 0 Å². The second-order valence-electron chi connectivity index (χ2n) is 4.50. The third-order valence-electron chi connectivity index (χ3n) is 2.87. The Morgan fingerprint density at radius 2 is 1.08 bits per heavy atom. The molecule has 0 saturated heterocycles. The van der Waals surface area contributed by atoms with E-state index < -0.39 is 0 Å².